The molecule has 13 unspecified atom stereocenters. The first kappa shape index (κ1) is 42.2. The fourth-order valence-electron chi connectivity index (χ4n) is 12.3. The maximum atomic E-state index is 13.7. The van der Waals surface area contributed by atoms with E-state index in [9.17, 15) is 29.4 Å². The predicted octanol–water partition coefficient (Wildman–Crippen LogP) is 6.03. The van der Waals surface area contributed by atoms with Gasteiger partial charge in [-0.2, -0.15) is 0 Å². The van der Waals surface area contributed by atoms with E-state index in [0.717, 1.165) is 50.5 Å². The molecule has 4 saturated carbocycles. The van der Waals surface area contributed by atoms with Crippen molar-refractivity contribution in [3.05, 3.63) is 11.3 Å². The molecule has 3 N–H and O–H groups in total. The largest absolute Gasteiger partial charge is 0.463 e. The molecule has 306 valence electrons. The molecule has 1 saturated heterocycles. The van der Waals surface area contributed by atoms with E-state index in [1.165, 1.54) is 17.7 Å². The van der Waals surface area contributed by atoms with Gasteiger partial charge >= 0.3 is 5.97 Å². The minimum Gasteiger partial charge on any atom is -0.463 e. The Morgan fingerprint density at radius 2 is 1.84 bits per heavy atom. The number of fused-ring (bicyclic) bond motifs is 6. The third-order valence-electron chi connectivity index (χ3n) is 15.2. The summed E-state index contributed by atoms with van der Waals surface area (Å²) in [7, 11) is 0. The van der Waals surface area contributed by atoms with Gasteiger partial charge in [-0.05, 0) is 129 Å². The van der Waals surface area contributed by atoms with Gasteiger partial charge < -0.3 is 25.0 Å². The molecular weight excluding hydrogens is 717 g/mol. The number of β-lactam (4-membered cyclic amide) rings is 1. The SMILES string of the molecule is C#CCC(CC(=O)OCCOCCC)CC(=O)C1=C(C)CSC2C(NC(=O)CCC(C)C3CCC4C5CCC6CC(O)CCC6(C)C5CC(O)C34C)C(=O)N12. The molecule has 0 spiro atoms. The predicted molar refractivity (Wildman–Crippen MR) is 212 cm³/mol. The Hall–Kier alpha value is -2.39. The van der Waals surface area contributed by atoms with Crippen LogP contribution in [0.1, 0.15) is 125 Å². The lowest BCUT2D eigenvalue weighted by Crippen LogP contribution is -2.70. The van der Waals surface area contributed by atoms with Crippen molar-refractivity contribution in [2.75, 3.05) is 25.6 Å². The molecule has 5 fully saturated rings. The highest BCUT2D eigenvalue weighted by Crippen LogP contribution is 2.68. The van der Waals surface area contributed by atoms with E-state index in [4.69, 9.17) is 15.9 Å². The number of hydrogen-bond donors (Lipinski definition) is 3. The second kappa shape index (κ2) is 17.6. The van der Waals surface area contributed by atoms with Crippen molar-refractivity contribution in [1.82, 2.24) is 10.2 Å². The molecule has 11 heteroatoms. The van der Waals surface area contributed by atoms with Crippen molar-refractivity contribution < 1.29 is 38.9 Å². The van der Waals surface area contributed by atoms with Crippen LogP contribution in [0, 0.1) is 64.6 Å². The van der Waals surface area contributed by atoms with Crippen LogP contribution in [0.5, 0.6) is 0 Å². The first-order valence-electron chi connectivity index (χ1n) is 21.2. The van der Waals surface area contributed by atoms with Gasteiger partial charge in [0.25, 0.3) is 5.91 Å². The molecule has 2 amide bonds. The van der Waals surface area contributed by atoms with Gasteiger partial charge in [-0.1, -0.05) is 27.7 Å². The number of rotatable bonds is 16. The molecule has 4 aliphatic carbocycles. The number of aliphatic hydroxyl groups excluding tert-OH is 2. The molecule has 6 aliphatic rings. The van der Waals surface area contributed by atoms with Crippen LogP contribution < -0.4 is 5.32 Å². The third kappa shape index (κ3) is 8.31. The Kier molecular flexibility index (Phi) is 13.5. The van der Waals surface area contributed by atoms with Crippen LogP contribution in [0.25, 0.3) is 0 Å². The normalized spacial score (nSPS) is 37.7. The summed E-state index contributed by atoms with van der Waals surface area (Å²) < 4.78 is 10.7. The average Bonchev–Trinajstić information content (AvgIpc) is 3.52. The van der Waals surface area contributed by atoms with Crippen LogP contribution in [0.3, 0.4) is 0 Å². The van der Waals surface area contributed by atoms with E-state index in [0.29, 0.717) is 67.1 Å². The van der Waals surface area contributed by atoms with E-state index in [1.54, 1.807) is 11.8 Å². The number of thioether (sulfide) groups is 1. The van der Waals surface area contributed by atoms with Crippen molar-refractivity contribution in [3.63, 3.8) is 0 Å². The van der Waals surface area contributed by atoms with Gasteiger partial charge in [0, 0.05) is 38.0 Å². The first-order valence-corrected chi connectivity index (χ1v) is 22.3. The molecule has 0 aromatic carbocycles. The number of amides is 2. The Morgan fingerprint density at radius 1 is 1.05 bits per heavy atom. The lowest BCUT2D eigenvalue weighted by atomic mass is 9.43. The minimum absolute atomic E-state index is 0.00559. The monoisotopic (exact) mass is 782 g/mol. The van der Waals surface area contributed by atoms with Crippen LogP contribution in [0.4, 0.5) is 0 Å². The van der Waals surface area contributed by atoms with Gasteiger partial charge in [-0.3, -0.25) is 24.1 Å². The summed E-state index contributed by atoms with van der Waals surface area (Å²) in [4.78, 5) is 54.7. The molecular formula is C44H66N2O8S. The molecule has 2 heterocycles. The number of hydrogen-bond acceptors (Lipinski definition) is 9. The van der Waals surface area contributed by atoms with Crippen molar-refractivity contribution in [2.24, 2.45) is 52.3 Å². The van der Waals surface area contributed by atoms with Crippen molar-refractivity contribution in [2.45, 2.75) is 148 Å². The fraction of sp³-hybridized carbons (Fsp3) is 0.818. The van der Waals surface area contributed by atoms with Crippen molar-refractivity contribution >= 4 is 35.3 Å². The molecule has 0 aromatic heterocycles. The number of ketones is 1. The van der Waals surface area contributed by atoms with Gasteiger partial charge in [-0.25, -0.2) is 0 Å². The second-order valence-electron chi connectivity index (χ2n) is 18.4. The second-order valence-corrected chi connectivity index (χ2v) is 19.5. The molecule has 0 aromatic rings. The van der Waals surface area contributed by atoms with Gasteiger partial charge in [0.05, 0.1) is 24.5 Å². The molecule has 55 heavy (non-hydrogen) atoms. The lowest BCUT2D eigenvalue weighted by Gasteiger charge is -2.62. The zero-order chi connectivity index (χ0) is 39.7. The summed E-state index contributed by atoms with van der Waals surface area (Å²) in [5.74, 6) is 4.34. The Labute approximate surface area is 333 Å². The number of carbonyl (C=O) groups excluding carboxylic acids is 4. The quantitative estimate of drug-likeness (QED) is 0.0741. The summed E-state index contributed by atoms with van der Waals surface area (Å²) >= 11 is 1.54. The van der Waals surface area contributed by atoms with E-state index in [1.807, 2.05) is 13.8 Å². The van der Waals surface area contributed by atoms with E-state index in [-0.39, 0.29) is 77.8 Å². The highest BCUT2D eigenvalue weighted by atomic mass is 32.2. The number of nitrogens with zero attached hydrogens (tertiary/aromatic N) is 1. The molecule has 6 rings (SSSR count). The number of aliphatic hydroxyl groups is 2. The summed E-state index contributed by atoms with van der Waals surface area (Å²) in [6.07, 6.45) is 15.4. The summed E-state index contributed by atoms with van der Waals surface area (Å²) in [6.45, 7) is 11.9. The van der Waals surface area contributed by atoms with Gasteiger partial charge in [0.1, 0.15) is 18.0 Å². The maximum absolute atomic E-state index is 13.7. The van der Waals surface area contributed by atoms with Crippen LogP contribution in [-0.4, -0.2) is 87.9 Å². The Bertz CT molecular complexity index is 1530. The highest BCUT2D eigenvalue weighted by molar-refractivity contribution is 8.00. The van der Waals surface area contributed by atoms with E-state index < -0.39 is 17.9 Å². The summed E-state index contributed by atoms with van der Waals surface area (Å²) in [5.41, 5.74) is 1.18. The van der Waals surface area contributed by atoms with Crippen LogP contribution in [-0.2, 0) is 28.7 Å². The number of nitrogens with one attached hydrogen (secondary N) is 1. The lowest BCUT2D eigenvalue weighted by molar-refractivity contribution is -0.175. The molecule has 0 bridgehead atoms. The Morgan fingerprint density at radius 3 is 2.58 bits per heavy atom. The average molecular weight is 783 g/mol. The number of terminal acetylenes is 1. The Balaban J connectivity index is 1.00. The highest BCUT2D eigenvalue weighted by Gasteiger charge is 2.64. The first-order chi connectivity index (χ1) is 26.2. The molecule has 10 nitrogen and oxygen atoms in total. The molecule has 2 aliphatic heterocycles. The zero-order valence-electron chi connectivity index (χ0n) is 33.9. The van der Waals surface area contributed by atoms with Crippen LogP contribution >= 0.6 is 11.8 Å². The van der Waals surface area contributed by atoms with Crippen molar-refractivity contribution in [1.29, 1.82) is 0 Å². The van der Waals surface area contributed by atoms with E-state index in [2.05, 4.69) is 32.0 Å². The number of allylic oxidation sites excluding steroid dienone is 1. The topological polar surface area (TPSA) is 142 Å². The zero-order valence-corrected chi connectivity index (χ0v) is 34.7. The summed E-state index contributed by atoms with van der Waals surface area (Å²) in [6, 6.07) is -0.696. The maximum Gasteiger partial charge on any atom is 0.306 e. The summed E-state index contributed by atoms with van der Waals surface area (Å²) in [5, 5.41) is 25.0. The number of Topliss-reactive ketones (excluding diaryl/α,β-unsaturated/α-hetero) is 1. The number of esters is 1. The smallest absolute Gasteiger partial charge is 0.306 e. The van der Waals surface area contributed by atoms with Gasteiger partial charge in [0.15, 0.2) is 5.78 Å². The molecule has 0 radical (unpaired) electrons. The van der Waals surface area contributed by atoms with Crippen LogP contribution in [0.15, 0.2) is 11.3 Å². The van der Waals surface area contributed by atoms with E-state index >= 15 is 0 Å². The van der Waals surface area contributed by atoms with Crippen LogP contribution in [0.2, 0.25) is 0 Å². The van der Waals surface area contributed by atoms with Gasteiger partial charge in [-0.15, -0.1) is 24.1 Å². The minimum atomic E-state index is -0.696. The number of carbonyl (C=O) groups is 4. The third-order valence-corrected chi connectivity index (χ3v) is 16.7. The van der Waals surface area contributed by atoms with Gasteiger partial charge in [0.2, 0.25) is 5.91 Å². The molecule has 13 atom stereocenters. The fourth-order valence-corrected chi connectivity index (χ4v) is 13.6. The standard InChI is InChI=1S/C44H66N2O8S/c1-7-9-28(22-38(51)54-20-19-53-18-8-2)21-35(48)40-27(4)25-55-42-39(41(52)46(40)42)45-37(50)15-10-26(3)32-13-14-33-31-12-11-29-23-30(47)16-17-43(29,5)34(31)24-36(49)44(32,33)6/h1,26,28-34,36,39,42,47,49H,8-25H2,2-6H3,(H,45,50). The van der Waals surface area contributed by atoms with Crippen molar-refractivity contribution in [3.8, 4) is 12.3 Å². The number of ether oxygens (including phenoxy) is 2.